The lowest BCUT2D eigenvalue weighted by molar-refractivity contribution is -0.139. The molecule has 0 aromatic heterocycles. The molecule has 2 amide bonds. The van der Waals surface area contributed by atoms with Crippen LogP contribution >= 0.6 is 15.9 Å². The van der Waals surface area contributed by atoms with Gasteiger partial charge < -0.3 is 10.6 Å². The van der Waals surface area contributed by atoms with Crippen molar-refractivity contribution in [3.8, 4) is 0 Å². The lowest BCUT2D eigenvalue weighted by Crippen LogP contribution is -2.48. The number of carbonyl (C=O) groups is 2. The van der Waals surface area contributed by atoms with Crippen molar-refractivity contribution >= 4 is 27.7 Å². The van der Waals surface area contributed by atoms with Crippen molar-refractivity contribution in [1.82, 2.24) is 4.90 Å². The molecule has 2 atom stereocenters. The second kappa shape index (κ2) is 6.63. The molecule has 2 N–H and O–H groups in total. The Hall–Kier alpha value is -0.720. The number of halogens is 3. The highest BCUT2D eigenvalue weighted by Gasteiger charge is 2.35. The number of nitrogens with two attached hydrogens (primary N) is 1. The van der Waals surface area contributed by atoms with Gasteiger partial charge in [-0.3, -0.25) is 9.59 Å². The first-order chi connectivity index (χ1) is 8.74. The van der Waals surface area contributed by atoms with Crippen LogP contribution in [0.2, 0.25) is 0 Å². The van der Waals surface area contributed by atoms with Gasteiger partial charge >= 0.3 is 4.83 Å². The number of amides is 2. The number of carbonyl (C=O) groups excluding carboxylic acids is 2. The summed E-state index contributed by atoms with van der Waals surface area (Å²) in [6.45, 7) is 1.92. The molecule has 0 aliphatic carbocycles. The predicted molar refractivity (Wildman–Crippen MR) is 70.8 cm³/mol. The molecule has 19 heavy (non-hydrogen) atoms. The molecule has 0 radical (unpaired) electrons. The monoisotopic (exact) mass is 340 g/mol. The average Bonchev–Trinajstić information content (AvgIpc) is 2.40. The molecule has 0 saturated carbocycles. The normalized spacial score (nSPS) is 23.1. The summed E-state index contributed by atoms with van der Waals surface area (Å²) in [5.74, 6) is -1.08. The molecule has 110 valence electrons. The van der Waals surface area contributed by atoms with Crippen LogP contribution in [0.4, 0.5) is 8.78 Å². The summed E-state index contributed by atoms with van der Waals surface area (Å²) in [6.07, 6.45) is 1.47. The lowest BCUT2D eigenvalue weighted by Gasteiger charge is -2.30. The molecule has 0 bridgehead atoms. The standard InChI is InChI=1S/C12H19BrF2N2O2/c1-2-9(11(16)19)17-7-8(6-12(13,14)15)4-3-5-10(17)18/h8-9H,2-7H2,1H3,(H2,16,19). The summed E-state index contributed by atoms with van der Waals surface area (Å²) in [6, 6.07) is -0.697. The molecule has 4 nitrogen and oxygen atoms in total. The Morgan fingerprint density at radius 3 is 2.74 bits per heavy atom. The first-order valence-electron chi connectivity index (χ1n) is 6.40. The van der Waals surface area contributed by atoms with Crippen molar-refractivity contribution in [3.05, 3.63) is 0 Å². The van der Waals surface area contributed by atoms with Crippen LogP contribution in [-0.2, 0) is 9.59 Å². The van der Waals surface area contributed by atoms with E-state index < -0.39 is 16.8 Å². The third-order valence-electron chi connectivity index (χ3n) is 3.39. The molecule has 1 fully saturated rings. The summed E-state index contributed by atoms with van der Waals surface area (Å²) >= 11 is 2.33. The van der Waals surface area contributed by atoms with Crippen molar-refractivity contribution < 1.29 is 18.4 Å². The van der Waals surface area contributed by atoms with Crippen LogP contribution in [0.5, 0.6) is 0 Å². The van der Waals surface area contributed by atoms with Gasteiger partial charge in [0, 0.05) is 19.4 Å². The van der Waals surface area contributed by atoms with E-state index in [2.05, 4.69) is 15.9 Å². The molecule has 0 spiro atoms. The SMILES string of the molecule is CCC(C(N)=O)N1CC(CC(F)(F)Br)CCCC1=O. The fourth-order valence-electron chi connectivity index (χ4n) is 2.53. The van der Waals surface area contributed by atoms with Crippen molar-refractivity contribution in [3.63, 3.8) is 0 Å². The molecule has 1 saturated heterocycles. The molecule has 1 heterocycles. The quantitative estimate of drug-likeness (QED) is 0.780. The minimum atomic E-state index is -2.94. The van der Waals surface area contributed by atoms with Crippen LogP contribution in [0.25, 0.3) is 0 Å². The van der Waals surface area contributed by atoms with Crippen LogP contribution in [0.15, 0.2) is 0 Å². The maximum atomic E-state index is 13.0. The third kappa shape index (κ3) is 5.04. The summed E-state index contributed by atoms with van der Waals surface area (Å²) in [5, 5.41) is 0. The molecule has 1 aliphatic rings. The fraction of sp³-hybridized carbons (Fsp3) is 0.833. The number of likely N-dealkylation sites (tertiary alicyclic amines) is 1. The number of nitrogens with zero attached hydrogens (tertiary/aromatic N) is 1. The Morgan fingerprint density at radius 1 is 1.63 bits per heavy atom. The van der Waals surface area contributed by atoms with Crippen LogP contribution in [0.1, 0.15) is 39.0 Å². The van der Waals surface area contributed by atoms with E-state index in [-0.39, 0.29) is 31.2 Å². The van der Waals surface area contributed by atoms with Crippen molar-refractivity contribution in [2.24, 2.45) is 11.7 Å². The maximum absolute atomic E-state index is 13.0. The Bertz CT molecular complexity index is 347. The average molecular weight is 341 g/mol. The molecule has 0 aromatic rings. The summed E-state index contributed by atoms with van der Waals surface area (Å²) in [5.41, 5.74) is 5.27. The van der Waals surface area contributed by atoms with Crippen molar-refractivity contribution in [2.75, 3.05) is 6.54 Å². The zero-order valence-corrected chi connectivity index (χ0v) is 12.5. The van der Waals surface area contributed by atoms with Gasteiger partial charge in [0.1, 0.15) is 6.04 Å². The number of rotatable bonds is 5. The molecule has 7 heteroatoms. The highest BCUT2D eigenvalue weighted by molar-refractivity contribution is 9.09. The van der Waals surface area contributed by atoms with Crippen molar-refractivity contribution in [1.29, 1.82) is 0 Å². The lowest BCUT2D eigenvalue weighted by atomic mass is 9.99. The number of hydrogen-bond donors (Lipinski definition) is 1. The van der Waals surface area contributed by atoms with E-state index in [4.69, 9.17) is 5.73 Å². The maximum Gasteiger partial charge on any atom is 0.301 e. The fourth-order valence-corrected chi connectivity index (χ4v) is 2.98. The van der Waals surface area contributed by atoms with Gasteiger partial charge in [-0.2, -0.15) is 8.78 Å². The minimum absolute atomic E-state index is 0.168. The van der Waals surface area contributed by atoms with Crippen LogP contribution in [0.3, 0.4) is 0 Å². The second-order valence-electron chi connectivity index (χ2n) is 4.95. The van der Waals surface area contributed by atoms with Crippen LogP contribution in [0, 0.1) is 5.92 Å². The molecular weight excluding hydrogens is 322 g/mol. The van der Waals surface area contributed by atoms with E-state index in [1.165, 1.54) is 4.90 Å². The molecule has 1 rings (SSSR count). The zero-order chi connectivity index (χ0) is 14.6. The number of primary amides is 1. The third-order valence-corrected chi connectivity index (χ3v) is 3.71. The summed E-state index contributed by atoms with van der Waals surface area (Å²) in [4.78, 5) is 21.7. The largest absolute Gasteiger partial charge is 0.368 e. The van der Waals surface area contributed by atoms with Crippen LogP contribution < -0.4 is 5.73 Å². The van der Waals surface area contributed by atoms with Crippen LogP contribution in [-0.4, -0.2) is 34.1 Å². The van der Waals surface area contributed by atoms with Crippen molar-refractivity contribution in [2.45, 2.75) is 49.9 Å². The minimum Gasteiger partial charge on any atom is -0.368 e. The highest BCUT2D eigenvalue weighted by Crippen LogP contribution is 2.34. The predicted octanol–water partition coefficient (Wildman–Crippen LogP) is 2.26. The topological polar surface area (TPSA) is 63.4 Å². The molecular formula is C12H19BrF2N2O2. The summed E-state index contributed by atoms with van der Waals surface area (Å²) < 4.78 is 26.1. The smallest absolute Gasteiger partial charge is 0.301 e. The number of alkyl halides is 3. The molecule has 1 aliphatic heterocycles. The molecule has 0 aromatic carbocycles. The van der Waals surface area contributed by atoms with E-state index in [0.717, 1.165) is 0 Å². The van der Waals surface area contributed by atoms with E-state index in [9.17, 15) is 18.4 Å². The number of hydrogen-bond acceptors (Lipinski definition) is 2. The van der Waals surface area contributed by atoms with E-state index in [1.54, 1.807) is 6.92 Å². The first-order valence-corrected chi connectivity index (χ1v) is 7.19. The Balaban J connectivity index is 2.82. The van der Waals surface area contributed by atoms with E-state index in [1.807, 2.05) is 0 Å². The van der Waals surface area contributed by atoms with Gasteiger partial charge in [0.2, 0.25) is 11.8 Å². The Morgan fingerprint density at radius 2 is 2.26 bits per heavy atom. The molecule has 2 unspecified atom stereocenters. The van der Waals surface area contributed by atoms with Gasteiger partial charge in [-0.15, -0.1) is 0 Å². The van der Waals surface area contributed by atoms with Gasteiger partial charge in [0.25, 0.3) is 0 Å². The van der Waals surface area contributed by atoms with Gasteiger partial charge in [-0.25, -0.2) is 0 Å². The highest BCUT2D eigenvalue weighted by atomic mass is 79.9. The summed E-state index contributed by atoms with van der Waals surface area (Å²) in [7, 11) is 0. The second-order valence-corrected chi connectivity index (χ2v) is 6.11. The van der Waals surface area contributed by atoms with Gasteiger partial charge in [-0.1, -0.05) is 6.92 Å². The van der Waals surface area contributed by atoms with Gasteiger partial charge in [0.05, 0.1) is 0 Å². The van der Waals surface area contributed by atoms with Gasteiger partial charge in [0.15, 0.2) is 0 Å². The van der Waals surface area contributed by atoms with E-state index in [0.29, 0.717) is 19.3 Å². The van der Waals surface area contributed by atoms with Gasteiger partial charge in [-0.05, 0) is 41.1 Å². The first kappa shape index (κ1) is 16.3. The Labute approximate surface area is 119 Å². The van der Waals surface area contributed by atoms with E-state index >= 15 is 0 Å². The zero-order valence-electron chi connectivity index (χ0n) is 10.9. The Kier molecular flexibility index (Phi) is 5.70.